The second kappa shape index (κ2) is 7.29. The van der Waals surface area contributed by atoms with Crippen molar-refractivity contribution in [2.45, 2.75) is 70.1 Å². The highest BCUT2D eigenvalue weighted by Gasteiger charge is 2.52. The first-order valence-electron chi connectivity index (χ1n) is 9.81. The van der Waals surface area contributed by atoms with Gasteiger partial charge in [0.1, 0.15) is 6.10 Å². The summed E-state index contributed by atoms with van der Waals surface area (Å²) in [5.41, 5.74) is 1.29. The molecule has 1 saturated carbocycles. The van der Waals surface area contributed by atoms with E-state index in [9.17, 15) is 4.79 Å². The van der Waals surface area contributed by atoms with E-state index in [1.165, 1.54) is 12.5 Å². The zero-order valence-electron chi connectivity index (χ0n) is 15.7. The topological polar surface area (TPSA) is 48.0 Å². The molecule has 1 aliphatic carbocycles. The Labute approximate surface area is 155 Å². The van der Waals surface area contributed by atoms with Gasteiger partial charge in [-0.25, -0.2) is 0 Å². The number of fused-ring (bicyclic) bond motifs is 1. The quantitative estimate of drug-likeness (QED) is 0.773. The van der Waals surface area contributed by atoms with Crippen LogP contribution >= 0.6 is 0 Å². The van der Waals surface area contributed by atoms with Crippen molar-refractivity contribution in [1.82, 2.24) is 4.90 Å². The minimum absolute atomic E-state index is 0.108. The third-order valence-electron chi connectivity index (χ3n) is 6.27. The summed E-state index contributed by atoms with van der Waals surface area (Å²) in [4.78, 5) is 14.1. The molecule has 0 bridgehead atoms. The van der Waals surface area contributed by atoms with Crippen molar-refractivity contribution in [3.63, 3.8) is 0 Å². The molecule has 26 heavy (non-hydrogen) atoms. The Bertz CT molecular complexity index is 628. The van der Waals surface area contributed by atoms with E-state index in [0.717, 1.165) is 32.2 Å². The normalized spacial score (nSPS) is 31.7. The molecule has 0 aromatic heterocycles. The van der Waals surface area contributed by atoms with E-state index in [4.69, 9.17) is 14.2 Å². The highest BCUT2D eigenvalue weighted by Crippen LogP contribution is 2.47. The maximum Gasteiger partial charge on any atom is 0.302 e. The fourth-order valence-electron chi connectivity index (χ4n) is 5.13. The van der Waals surface area contributed by atoms with Crippen LogP contribution in [0.4, 0.5) is 0 Å². The molecule has 4 atom stereocenters. The maximum atomic E-state index is 11.5. The summed E-state index contributed by atoms with van der Waals surface area (Å²) in [7, 11) is 0. The summed E-state index contributed by atoms with van der Waals surface area (Å²) in [5.74, 6) is 0.0152. The molecule has 5 nitrogen and oxygen atoms in total. The fourth-order valence-corrected chi connectivity index (χ4v) is 5.13. The van der Waals surface area contributed by atoms with Gasteiger partial charge >= 0.3 is 5.97 Å². The maximum absolute atomic E-state index is 11.5. The predicted molar refractivity (Wildman–Crippen MR) is 97.4 cm³/mol. The average Bonchev–Trinajstić information content (AvgIpc) is 3.21. The number of carbonyl (C=O) groups is 1. The molecule has 0 radical (unpaired) electrons. The molecular formula is C21H29NO4. The number of likely N-dealkylation sites (tertiary alicyclic amines) is 1. The number of hydrogen-bond donors (Lipinski definition) is 0. The summed E-state index contributed by atoms with van der Waals surface area (Å²) in [6.07, 6.45) is 3.96. The molecule has 1 aromatic carbocycles. The van der Waals surface area contributed by atoms with Gasteiger partial charge in [0.05, 0.1) is 13.2 Å². The molecule has 2 aliphatic heterocycles. The van der Waals surface area contributed by atoms with Crippen molar-refractivity contribution < 1.29 is 19.0 Å². The minimum atomic E-state index is -0.393. The van der Waals surface area contributed by atoms with Crippen molar-refractivity contribution >= 4 is 5.97 Å². The van der Waals surface area contributed by atoms with Gasteiger partial charge in [-0.05, 0) is 31.2 Å². The van der Waals surface area contributed by atoms with Gasteiger partial charge in [0.15, 0.2) is 5.79 Å². The minimum Gasteiger partial charge on any atom is -0.461 e. The molecule has 1 aromatic rings. The zero-order valence-corrected chi connectivity index (χ0v) is 15.7. The first kappa shape index (κ1) is 18.0. The third-order valence-corrected chi connectivity index (χ3v) is 6.27. The highest BCUT2D eigenvalue weighted by molar-refractivity contribution is 5.66. The molecule has 4 rings (SSSR count). The average molecular weight is 359 g/mol. The Morgan fingerprint density at radius 3 is 2.73 bits per heavy atom. The number of nitrogens with zero attached hydrogens (tertiary/aromatic N) is 1. The highest BCUT2D eigenvalue weighted by atomic mass is 16.7. The molecule has 3 aliphatic rings. The number of benzene rings is 1. The smallest absolute Gasteiger partial charge is 0.302 e. The Kier molecular flexibility index (Phi) is 5.04. The van der Waals surface area contributed by atoms with Crippen LogP contribution in [0.1, 0.15) is 45.1 Å². The van der Waals surface area contributed by atoms with E-state index in [2.05, 4.69) is 29.2 Å². The molecule has 0 N–H and O–H groups in total. The van der Waals surface area contributed by atoms with Crippen LogP contribution in [-0.4, -0.2) is 48.1 Å². The first-order chi connectivity index (χ1) is 12.6. The number of ether oxygens (including phenoxy) is 3. The number of carbonyl (C=O) groups excluding carboxylic acids is 1. The Hall–Kier alpha value is -1.43. The van der Waals surface area contributed by atoms with Crippen molar-refractivity contribution in [3.8, 4) is 0 Å². The van der Waals surface area contributed by atoms with Crippen LogP contribution in [0.25, 0.3) is 0 Å². The van der Waals surface area contributed by atoms with Crippen LogP contribution in [0.15, 0.2) is 30.3 Å². The standard InChI is InChI=1S/C21H29NO4/c1-15(26-16(2)23)19-12-18-8-9-21(24-10-11-25-21)13-20(18)22(19)14-17-6-4-3-5-7-17/h3-7,15,18-20H,8-14H2,1-2H3/t15-,18+,19-,20+/m0/s1. The zero-order chi connectivity index (χ0) is 18.1. The van der Waals surface area contributed by atoms with Crippen molar-refractivity contribution in [2.24, 2.45) is 5.92 Å². The lowest BCUT2D eigenvalue weighted by Gasteiger charge is -2.42. The monoisotopic (exact) mass is 359 g/mol. The summed E-state index contributed by atoms with van der Waals surface area (Å²) in [5, 5.41) is 0. The van der Waals surface area contributed by atoms with E-state index < -0.39 is 5.79 Å². The van der Waals surface area contributed by atoms with Gasteiger partial charge in [-0.2, -0.15) is 0 Å². The van der Waals surface area contributed by atoms with Gasteiger partial charge in [-0.15, -0.1) is 0 Å². The molecular weight excluding hydrogens is 330 g/mol. The molecule has 0 amide bonds. The molecule has 3 fully saturated rings. The SMILES string of the molecule is CC(=O)O[C@@H](C)[C@@H]1C[C@H]2CCC3(C[C@H]2N1Cc1ccccc1)OCCO3. The van der Waals surface area contributed by atoms with Crippen LogP contribution in [0, 0.1) is 5.92 Å². The third kappa shape index (κ3) is 3.53. The Balaban J connectivity index is 1.57. The van der Waals surface area contributed by atoms with Gasteiger partial charge in [0, 0.05) is 38.4 Å². The van der Waals surface area contributed by atoms with Crippen LogP contribution in [0.5, 0.6) is 0 Å². The lowest BCUT2D eigenvalue weighted by molar-refractivity contribution is -0.193. The summed E-state index contributed by atoms with van der Waals surface area (Å²) >= 11 is 0. The summed E-state index contributed by atoms with van der Waals surface area (Å²) < 4.78 is 17.6. The molecule has 1 spiro atoms. The molecule has 2 heterocycles. The van der Waals surface area contributed by atoms with Gasteiger partial charge in [-0.1, -0.05) is 30.3 Å². The van der Waals surface area contributed by atoms with Gasteiger partial charge in [0.25, 0.3) is 0 Å². The predicted octanol–water partition coefficient (Wildman–Crippen LogP) is 3.12. The van der Waals surface area contributed by atoms with Gasteiger partial charge in [0.2, 0.25) is 0 Å². The largest absolute Gasteiger partial charge is 0.461 e. The molecule has 2 saturated heterocycles. The van der Waals surface area contributed by atoms with Crippen molar-refractivity contribution in [3.05, 3.63) is 35.9 Å². The van der Waals surface area contributed by atoms with E-state index in [0.29, 0.717) is 25.2 Å². The van der Waals surface area contributed by atoms with Gasteiger partial charge in [-0.3, -0.25) is 9.69 Å². The molecule has 5 heteroatoms. The number of hydrogen-bond acceptors (Lipinski definition) is 5. The van der Waals surface area contributed by atoms with Gasteiger partial charge < -0.3 is 14.2 Å². The van der Waals surface area contributed by atoms with Crippen molar-refractivity contribution in [2.75, 3.05) is 13.2 Å². The van der Waals surface area contributed by atoms with Crippen LogP contribution in [-0.2, 0) is 25.5 Å². The van der Waals surface area contributed by atoms with E-state index >= 15 is 0 Å². The summed E-state index contributed by atoms with van der Waals surface area (Å²) in [6, 6.07) is 11.2. The number of esters is 1. The van der Waals surface area contributed by atoms with Crippen LogP contribution < -0.4 is 0 Å². The summed E-state index contributed by atoms with van der Waals surface area (Å²) in [6.45, 7) is 5.79. The molecule has 142 valence electrons. The Morgan fingerprint density at radius 1 is 1.31 bits per heavy atom. The van der Waals surface area contributed by atoms with Crippen LogP contribution in [0.2, 0.25) is 0 Å². The van der Waals surface area contributed by atoms with Crippen LogP contribution in [0.3, 0.4) is 0 Å². The van der Waals surface area contributed by atoms with E-state index in [1.807, 2.05) is 13.0 Å². The second-order valence-corrected chi connectivity index (χ2v) is 7.95. The fraction of sp³-hybridized carbons (Fsp3) is 0.667. The second-order valence-electron chi connectivity index (χ2n) is 7.95. The Morgan fingerprint density at radius 2 is 2.04 bits per heavy atom. The first-order valence-corrected chi connectivity index (χ1v) is 9.81. The lowest BCUT2D eigenvalue weighted by Crippen LogP contribution is -2.49. The molecule has 0 unspecified atom stereocenters. The van der Waals surface area contributed by atoms with E-state index in [-0.39, 0.29) is 18.1 Å². The van der Waals surface area contributed by atoms with Crippen molar-refractivity contribution in [1.29, 1.82) is 0 Å². The number of rotatable bonds is 4. The lowest BCUT2D eigenvalue weighted by atomic mass is 9.81. The van der Waals surface area contributed by atoms with E-state index in [1.54, 1.807) is 0 Å².